The minimum Gasteiger partial charge on any atom is -0.487 e. The fraction of sp³-hybridized carbons (Fsp3) is 0.300. The van der Waals surface area contributed by atoms with E-state index in [1.807, 2.05) is 6.92 Å². The Morgan fingerprint density at radius 3 is 2.38 bits per heavy atom. The van der Waals surface area contributed by atoms with Gasteiger partial charge in [0.15, 0.2) is 5.75 Å². The summed E-state index contributed by atoms with van der Waals surface area (Å²) >= 11 is 12.6. The molecule has 2 aromatic rings. The van der Waals surface area contributed by atoms with E-state index in [1.54, 1.807) is 30.3 Å². The second kappa shape index (κ2) is 8.11. The van der Waals surface area contributed by atoms with Gasteiger partial charge in [-0.15, -0.1) is 0 Å². The zero-order valence-electron chi connectivity index (χ0n) is 14.4. The van der Waals surface area contributed by atoms with E-state index in [-0.39, 0.29) is 12.0 Å². The third kappa shape index (κ3) is 4.19. The van der Waals surface area contributed by atoms with E-state index in [4.69, 9.17) is 27.9 Å². The molecule has 0 saturated heterocycles. The van der Waals surface area contributed by atoms with Gasteiger partial charge < -0.3 is 10.1 Å². The van der Waals surface area contributed by atoms with Gasteiger partial charge in [-0.2, -0.15) is 0 Å². The van der Waals surface area contributed by atoms with Gasteiger partial charge in [0.25, 0.3) is 5.91 Å². The smallest absolute Gasteiger partial charge is 0.255 e. The van der Waals surface area contributed by atoms with Crippen LogP contribution in [0.15, 0.2) is 30.3 Å². The molecule has 1 aliphatic carbocycles. The Bertz CT molecular complexity index is 822. The van der Waals surface area contributed by atoms with Gasteiger partial charge in [-0.1, -0.05) is 23.2 Å². The van der Waals surface area contributed by atoms with Gasteiger partial charge in [-0.05, 0) is 68.5 Å². The molecule has 1 aliphatic rings. The van der Waals surface area contributed by atoms with Crippen LogP contribution in [0, 0.1) is 6.92 Å². The monoisotopic (exact) mass is 391 g/mol. The summed E-state index contributed by atoms with van der Waals surface area (Å²) < 4.78 is 5.90. The molecule has 0 bridgehead atoms. The third-order valence-corrected chi connectivity index (χ3v) is 5.06. The minimum absolute atomic E-state index is 0.129. The van der Waals surface area contributed by atoms with Gasteiger partial charge in [-0.3, -0.25) is 9.59 Å². The Hall–Kier alpha value is -2.04. The van der Waals surface area contributed by atoms with Crippen LogP contribution in [0.1, 0.15) is 52.0 Å². The molecule has 6 heteroatoms. The van der Waals surface area contributed by atoms with Gasteiger partial charge in [0.1, 0.15) is 6.29 Å². The largest absolute Gasteiger partial charge is 0.487 e. The van der Waals surface area contributed by atoms with Crippen molar-refractivity contribution in [1.82, 2.24) is 0 Å². The predicted octanol–water partition coefficient (Wildman–Crippen LogP) is 5.69. The number of nitrogens with one attached hydrogen (secondary N) is 1. The molecule has 26 heavy (non-hydrogen) atoms. The van der Waals surface area contributed by atoms with Crippen LogP contribution >= 0.6 is 23.2 Å². The Morgan fingerprint density at radius 1 is 1.15 bits per heavy atom. The standard InChI is InChI=1S/C20H19Cl2NO3/c1-12-8-15(7-6-13(12)11-24)23-20(25)14-9-17(21)19(18(22)10-14)26-16-4-2-3-5-16/h6-11,16H,2-5H2,1H3,(H,23,25). The summed E-state index contributed by atoms with van der Waals surface area (Å²) in [7, 11) is 0. The average Bonchev–Trinajstić information content (AvgIpc) is 3.11. The molecule has 1 fully saturated rings. The third-order valence-electron chi connectivity index (χ3n) is 4.50. The van der Waals surface area contributed by atoms with Gasteiger partial charge in [0, 0.05) is 16.8 Å². The lowest BCUT2D eigenvalue weighted by Crippen LogP contribution is -2.14. The van der Waals surface area contributed by atoms with Crippen molar-refractivity contribution in [1.29, 1.82) is 0 Å². The van der Waals surface area contributed by atoms with Crippen LogP contribution in [0.2, 0.25) is 10.0 Å². The maximum Gasteiger partial charge on any atom is 0.255 e. The number of carbonyl (C=O) groups is 2. The molecule has 0 aliphatic heterocycles. The molecule has 4 nitrogen and oxygen atoms in total. The van der Waals surface area contributed by atoms with Crippen molar-refractivity contribution >= 4 is 41.1 Å². The number of benzene rings is 2. The average molecular weight is 392 g/mol. The lowest BCUT2D eigenvalue weighted by Gasteiger charge is -2.16. The molecule has 0 radical (unpaired) electrons. The second-order valence-electron chi connectivity index (χ2n) is 6.44. The molecule has 1 N–H and O–H groups in total. The molecule has 0 spiro atoms. The number of halogens is 2. The van der Waals surface area contributed by atoms with Crippen LogP contribution < -0.4 is 10.1 Å². The number of ether oxygens (including phenoxy) is 1. The lowest BCUT2D eigenvalue weighted by atomic mass is 10.1. The maximum absolute atomic E-state index is 12.5. The fourth-order valence-electron chi connectivity index (χ4n) is 3.07. The molecule has 2 aromatic carbocycles. The van der Waals surface area contributed by atoms with E-state index < -0.39 is 0 Å². The van der Waals surface area contributed by atoms with E-state index in [0.717, 1.165) is 37.5 Å². The second-order valence-corrected chi connectivity index (χ2v) is 7.25. The number of anilines is 1. The Morgan fingerprint density at radius 2 is 1.81 bits per heavy atom. The molecular weight excluding hydrogens is 373 g/mol. The van der Waals surface area contributed by atoms with Crippen LogP contribution in [-0.2, 0) is 0 Å². The van der Waals surface area contributed by atoms with E-state index >= 15 is 0 Å². The van der Waals surface area contributed by atoms with E-state index in [9.17, 15) is 9.59 Å². The summed E-state index contributed by atoms with van der Waals surface area (Å²) in [5.41, 5.74) is 2.31. The maximum atomic E-state index is 12.5. The molecule has 0 unspecified atom stereocenters. The van der Waals surface area contributed by atoms with Crippen LogP contribution in [-0.4, -0.2) is 18.3 Å². The summed E-state index contributed by atoms with van der Waals surface area (Å²) in [6, 6.07) is 8.19. The zero-order valence-corrected chi connectivity index (χ0v) is 15.9. The highest BCUT2D eigenvalue weighted by atomic mass is 35.5. The summed E-state index contributed by atoms with van der Waals surface area (Å²) in [6.45, 7) is 1.81. The summed E-state index contributed by atoms with van der Waals surface area (Å²) in [5.74, 6) is 0.0995. The molecule has 1 saturated carbocycles. The van der Waals surface area contributed by atoms with Crippen molar-refractivity contribution in [2.75, 3.05) is 5.32 Å². The first kappa shape index (κ1) is 18.7. The van der Waals surface area contributed by atoms with Crippen molar-refractivity contribution in [2.24, 2.45) is 0 Å². The highest BCUT2D eigenvalue weighted by molar-refractivity contribution is 6.37. The van der Waals surface area contributed by atoms with Gasteiger partial charge in [0.05, 0.1) is 16.1 Å². The number of rotatable bonds is 5. The van der Waals surface area contributed by atoms with E-state index in [1.165, 1.54) is 0 Å². The van der Waals surface area contributed by atoms with Crippen molar-refractivity contribution in [2.45, 2.75) is 38.7 Å². The van der Waals surface area contributed by atoms with Gasteiger partial charge in [0.2, 0.25) is 0 Å². The molecule has 0 atom stereocenters. The topological polar surface area (TPSA) is 55.4 Å². The predicted molar refractivity (Wildman–Crippen MR) is 104 cm³/mol. The lowest BCUT2D eigenvalue weighted by molar-refractivity contribution is 0.102. The fourth-order valence-corrected chi connectivity index (χ4v) is 3.64. The van der Waals surface area contributed by atoms with E-state index in [0.29, 0.717) is 32.6 Å². The number of amides is 1. The zero-order chi connectivity index (χ0) is 18.7. The Kier molecular flexibility index (Phi) is 5.84. The molecule has 0 aromatic heterocycles. The van der Waals surface area contributed by atoms with Crippen LogP contribution in [0.4, 0.5) is 5.69 Å². The minimum atomic E-state index is -0.334. The summed E-state index contributed by atoms with van der Waals surface area (Å²) in [4.78, 5) is 23.4. The van der Waals surface area contributed by atoms with Crippen LogP contribution in [0.25, 0.3) is 0 Å². The van der Waals surface area contributed by atoms with Crippen molar-refractivity contribution in [3.63, 3.8) is 0 Å². The first-order valence-corrected chi connectivity index (χ1v) is 9.26. The summed E-state index contributed by atoms with van der Waals surface area (Å²) in [6.07, 6.45) is 5.18. The number of hydrogen-bond donors (Lipinski definition) is 1. The Labute approximate surface area is 162 Å². The number of hydrogen-bond acceptors (Lipinski definition) is 3. The SMILES string of the molecule is Cc1cc(NC(=O)c2cc(Cl)c(OC3CCCC3)c(Cl)c2)ccc1C=O. The molecular formula is C20H19Cl2NO3. The number of carbonyl (C=O) groups excluding carboxylic acids is 2. The first-order chi connectivity index (χ1) is 12.5. The van der Waals surface area contributed by atoms with Crippen LogP contribution in [0.5, 0.6) is 5.75 Å². The molecule has 136 valence electrons. The van der Waals surface area contributed by atoms with Crippen molar-refractivity contribution < 1.29 is 14.3 Å². The number of aryl methyl sites for hydroxylation is 1. The normalized spacial score (nSPS) is 14.3. The van der Waals surface area contributed by atoms with Gasteiger partial charge >= 0.3 is 0 Å². The highest BCUT2D eigenvalue weighted by Gasteiger charge is 2.21. The molecule has 0 heterocycles. The quantitative estimate of drug-likeness (QED) is 0.666. The molecule has 1 amide bonds. The number of aldehydes is 1. The van der Waals surface area contributed by atoms with Crippen LogP contribution in [0.3, 0.4) is 0 Å². The van der Waals surface area contributed by atoms with E-state index in [2.05, 4.69) is 5.32 Å². The Balaban J connectivity index is 1.77. The van der Waals surface area contributed by atoms with Crippen molar-refractivity contribution in [3.05, 3.63) is 57.1 Å². The molecule has 3 rings (SSSR count). The summed E-state index contributed by atoms with van der Waals surface area (Å²) in [5, 5.41) is 3.43. The van der Waals surface area contributed by atoms with Gasteiger partial charge in [-0.25, -0.2) is 0 Å². The first-order valence-electron chi connectivity index (χ1n) is 8.51. The highest BCUT2D eigenvalue weighted by Crippen LogP contribution is 2.37. The van der Waals surface area contributed by atoms with Crippen molar-refractivity contribution in [3.8, 4) is 5.75 Å².